The van der Waals surface area contributed by atoms with Crippen molar-refractivity contribution in [2.45, 2.75) is 37.7 Å². The molecule has 1 fully saturated rings. The molecule has 1 aliphatic rings. The van der Waals surface area contributed by atoms with Crippen molar-refractivity contribution in [1.82, 2.24) is 9.80 Å². The van der Waals surface area contributed by atoms with Crippen molar-refractivity contribution in [2.24, 2.45) is 0 Å². The molecule has 0 aromatic heterocycles. The van der Waals surface area contributed by atoms with Crippen LogP contribution >= 0.6 is 0 Å². The molecule has 0 radical (unpaired) electrons. The summed E-state index contributed by atoms with van der Waals surface area (Å²) in [6, 6.07) is 6.26. The maximum absolute atomic E-state index is 13.8. The summed E-state index contributed by atoms with van der Waals surface area (Å²) in [6.07, 6.45) is -8.34. The van der Waals surface area contributed by atoms with Gasteiger partial charge in [0.05, 0.1) is 11.1 Å². The Morgan fingerprint density at radius 2 is 1.55 bits per heavy atom. The van der Waals surface area contributed by atoms with Crippen LogP contribution < -0.4 is 0 Å². The largest absolute Gasteiger partial charge is 0.416 e. The third kappa shape index (κ3) is 6.25. The maximum Gasteiger partial charge on any atom is 0.416 e. The number of hydrogen-bond donors (Lipinski definition) is 0. The number of benzene rings is 2. The van der Waals surface area contributed by atoms with Gasteiger partial charge in [-0.1, -0.05) is 12.1 Å². The summed E-state index contributed by atoms with van der Waals surface area (Å²) in [5.74, 6) is -0.902. The molecule has 33 heavy (non-hydrogen) atoms. The van der Waals surface area contributed by atoms with Gasteiger partial charge in [-0.2, -0.15) is 26.3 Å². The molecular formula is C23H23F7N2O. The van der Waals surface area contributed by atoms with Crippen molar-refractivity contribution in [3.8, 4) is 0 Å². The Bertz CT molecular complexity index is 949. The van der Waals surface area contributed by atoms with E-state index in [0.717, 1.165) is 12.8 Å². The van der Waals surface area contributed by atoms with E-state index >= 15 is 0 Å². The number of carbonyl (C=O) groups is 1. The van der Waals surface area contributed by atoms with E-state index in [1.54, 1.807) is 6.07 Å². The molecule has 10 heteroatoms. The standard InChI is InChI=1S/C23H23F7N2O/c1-31(10-7-15-11-17(22(25,26)27)14-18(12-15)23(28,29)30)21(33)20(32-8-2-3-9-32)16-5-4-6-19(24)13-16/h4-6,11-14,20H,2-3,7-10H2,1H3. The summed E-state index contributed by atoms with van der Waals surface area (Å²) in [5, 5.41) is 0. The summed E-state index contributed by atoms with van der Waals surface area (Å²) in [6.45, 7) is 1.16. The van der Waals surface area contributed by atoms with Crippen molar-refractivity contribution < 1.29 is 35.5 Å². The number of amides is 1. The fraction of sp³-hybridized carbons (Fsp3) is 0.435. The lowest BCUT2D eigenvalue weighted by molar-refractivity contribution is -0.143. The average Bonchev–Trinajstić information content (AvgIpc) is 3.25. The second kappa shape index (κ2) is 9.70. The predicted octanol–water partition coefficient (Wildman–Crippen LogP) is 5.70. The topological polar surface area (TPSA) is 23.6 Å². The zero-order valence-electron chi connectivity index (χ0n) is 17.8. The lowest BCUT2D eigenvalue weighted by Crippen LogP contribution is -2.41. The van der Waals surface area contributed by atoms with E-state index < -0.39 is 41.2 Å². The highest BCUT2D eigenvalue weighted by atomic mass is 19.4. The van der Waals surface area contributed by atoms with Gasteiger partial charge < -0.3 is 4.90 Å². The molecule has 1 aliphatic heterocycles. The first kappa shape index (κ1) is 25.0. The summed E-state index contributed by atoms with van der Waals surface area (Å²) < 4.78 is 92.4. The fourth-order valence-electron chi connectivity index (χ4n) is 3.97. The number of halogens is 7. The van der Waals surface area contributed by atoms with Gasteiger partial charge in [0, 0.05) is 13.6 Å². The van der Waals surface area contributed by atoms with Crippen molar-refractivity contribution in [2.75, 3.05) is 26.7 Å². The molecule has 0 saturated carbocycles. The van der Waals surface area contributed by atoms with Crippen LogP contribution in [-0.4, -0.2) is 42.4 Å². The number of rotatable bonds is 6. The van der Waals surface area contributed by atoms with E-state index in [-0.39, 0.29) is 24.6 Å². The second-order valence-electron chi connectivity index (χ2n) is 8.12. The molecule has 0 spiro atoms. The molecule has 2 aromatic carbocycles. The van der Waals surface area contributed by atoms with Crippen LogP contribution in [-0.2, 0) is 23.6 Å². The number of carbonyl (C=O) groups excluding carboxylic acids is 1. The first-order chi connectivity index (χ1) is 15.4. The normalized spacial score (nSPS) is 16.1. The molecule has 0 aliphatic carbocycles. The van der Waals surface area contributed by atoms with E-state index in [1.807, 2.05) is 4.90 Å². The van der Waals surface area contributed by atoms with Crippen LogP contribution in [0.25, 0.3) is 0 Å². The van der Waals surface area contributed by atoms with Crippen molar-refractivity contribution in [1.29, 1.82) is 0 Å². The monoisotopic (exact) mass is 476 g/mol. The van der Waals surface area contributed by atoms with Gasteiger partial charge in [-0.05, 0) is 73.8 Å². The Morgan fingerprint density at radius 1 is 0.970 bits per heavy atom. The minimum atomic E-state index is -4.93. The van der Waals surface area contributed by atoms with Gasteiger partial charge in [-0.15, -0.1) is 0 Å². The van der Waals surface area contributed by atoms with Gasteiger partial charge >= 0.3 is 12.4 Å². The van der Waals surface area contributed by atoms with Crippen molar-refractivity contribution >= 4 is 5.91 Å². The molecule has 3 nitrogen and oxygen atoms in total. The zero-order valence-corrected chi connectivity index (χ0v) is 17.8. The van der Waals surface area contributed by atoms with E-state index in [1.165, 1.54) is 30.1 Å². The van der Waals surface area contributed by atoms with Gasteiger partial charge in [-0.3, -0.25) is 9.69 Å². The number of hydrogen-bond acceptors (Lipinski definition) is 2. The van der Waals surface area contributed by atoms with Gasteiger partial charge in [0.25, 0.3) is 0 Å². The highest BCUT2D eigenvalue weighted by Crippen LogP contribution is 2.36. The molecule has 3 rings (SSSR count). The molecule has 0 N–H and O–H groups in total. The Labute approximate surface area is 186 Å². The summed E-state index contributed by atoms with van der Waals surface area (Å²) in [7, 11) is 1.43. The minimum absolute atomic E-state index is 0.0751. The number of likely N-dealkylation sites (N-methyl/N-ethyl adjacent to an activating group) is 1. The quantitative estimate of drug-likeness (QED) is 0.500. The van der Waals surface area contributed by atoms with Crippen LogP contribution in [0.4, 0.5) is 30.7 Å². The lowest BCUT2D eigenvalue weighted by atomic mass is 10.0. The van der Waals surface area contributed by atoms with Gasteiger partial charge in [-0.25, -0.2) is 4.39 Å². The molecule has 1 saturated heterocycles. The van der Waals surface area contributed by atoms with Crippen molar-refractivity contribution in [3.05, 3.63) is 70.5 Å². The molecule has 2 aromatic rings. The summed E-state index contributed by atoms with van der Waals surface area (Å²) >= 11 is 0. The van der Waals surface area contributed by atoms with Crippen LogP contribution in [0.2, 0.25) is 0 Å². The summed E-state index contributed by atoms with van der Waals surface area (Å²) in [5.41, 5.74) is -2.51. The van der Waals surface area contributed by atoms with Crippen LogP contribution in [0.3, 0.4) is 0 Å². The first-order valence-electron chi connectivity index (χ1n) is 10.4. The Morgan fingerprint density at radius 3 is 2.06 bits per heavy atom. The second-order valence-corrected chi connectivity index (χ2v) is 8.12. The van der Waals surface area contributed by atoms with Gasteiger partial charge in [0.15, 0.2) is 0 Å². The third-order valence-electron chi connectivity index (χ3n) is 5.66. The maximum atomic E-state index is 13.8. The molecular weight excluding hydrogens is 453 g/mol. The lowest BCUT2D eigenvalue weighted by Gasteiger charge is -2.31. The van der Waals surface area contributed by atoms with E-state index in [9.17, 15) is 35.5 Å². The Kier molecular flexibility index (Phi) is 7.36. The van der Waals surface area contributed by atoms with Crippen molar-refractivity contribution in [3.63, 3.8) is 0 Å². The average molecular weight is 476 g/mol. The van der Waals surface area contributed by atoms with E-state index in [4.69, 9.17) is 0 Å². The Balaban J connectivity index is 1.81. The van der Waals surface area contributed by atoms with Crippen LogP contribution in [0.5, 0.6) is 0 Å². The SMILES string of the molecule is CN(CCc1cc(C(F)(F)F)cc(C(F)(F)F)c1)C(=O)C(c1cccc(F)c1)N1CCCC1. The number of alkyl halides is 6. The third-order valence-corrected chi connectivity index (χ3v) is 5.66. The predicted molar refractivity (Wildman–Crippen MR) is 108 cm³/mol. The van der Waals surface area contributed by atoms with E-state index in [0.29, 0.717) is 30.8 Å². The van der Waals surface area contributed by atoms with E-state index in [2.05, 4.69) is 0 Å². The zero-order chi connectivity index (χ0) is 24.4. The summed E-state index contributed by atoms with van der Waals surface area (Å²) in [4.78, 5) is 16.4. The molecule has 1 atom stereocenters. The Hall–Kier alpha value is -2.62. The van der Waals surface area contributed by atoms with Gasteiger partial charge in [0.1, 0.15) is 11.9 Å². The molecule has 180 valence electrons. The smallest absolute Gasteiger partial charge is 0.344 e. The molecule has 1 heterocycles. The highest BCUT2D eigenvalue weighted by Gasteiger charge is 2.37. The van der Waals surface area contributed by atoms with Crippen LogP contribution in [0.15, 0.2) is 42.5 Å². The highest BCUT2D eigenvalue weighted by molar-refractivity contribution is 5.83. The van der Waals surface area contributed by atoms with Gasteiger partial charge in [0.2, 0.25) is 5.91 Å². The number of likely N-dealkylation sites (tertiary alicyclic amines) is 1. The number of nitrogens with zero attached hydrogens (tertiary/aromatic N) is 2. The van der Waals surface area contributed by atoms with Crippen LogP contribution in [0.1, 0.15) is 41.1 Å². The molecule has 0 bridgehead atoms. The van der Waals surface area contributed by atoms with Crippen LogP contribution in [0, 0.1) is 5.82 Å². The fourth-order valence-corrected chi connectivity index (χ4v) is 3.97. The first-order valence-corrected chi connectivity index (χ1v) is 10.4. The minimum Gasteiger partial charge on any atom is -0.344 e. The molecule has 1 unspecified atom stereocenters. The molecule has 1 amide bonds.